The van der Waals surface area contributed by atoms with E-state index in [1.165, 1.54) is 38.9 Å². The third-order valence-electron chi connectivity index (χ3n) is 15.8. The minimum Gasteiger partial charge on any atom is -0.509 e. The van der Waals surface area contributed by atoms with Gasteiger partial charge in [-0.2, -0.15) is 6.07 Å². The molecule has 394 valence electrons. The molecule has 6 heteroatoms. The zero-order chi connectivity index (χ0) is 53.6. The summed E-state index contributed by atoms with van der Waals surface area (Å²) < 4.78 is 9.39. The fourth-order valence-electron chi connectivity index (χ4n) is 10.5. The first kappa shape index (κ1) is 54.4. The van der Waals surface area contributed by atoms with E-state index < -0.39 is 0 Å². The maximum Gasteiger partial charge on any atom is 0.135 e. The van der Waals surface area contributed by atoms with Crippen LogP contribution in [0.3, 0.4) is 0 Å². The van der Waals surface area contributed by atoms with Gasteiger partial charge in [-0.25, -0.2) is 4.98 Å². The molecule has 1 aliphatic heterocycles. The average molecular weight is 1180 g/mol. The second-order valence-corrected chi connectivity index (χ2v) is 26.1. The van der Waals surface area contributed by atoms with E-state index in [-0.39, 0.29) is 53.6 Å². The maximum atomic E-state index is 7.13. The van der Waals surface area contributed by atoms with Crippen molar-refractivity contribution in [2.24, 2.45) is 0 Å². The molecule has 0 radical (unpaired) electrons. The second kappa shape index (κ2) is 19.5. The number of aromatic nitrogens is 2. The topological polar surface area (TPSA) is 33.5 Å². The van der Waals surface area contributed by atoms with Gasteiger partial charge in [-0.05, 0) is 114 Å². The molecule has 0 N–H and O–H groups in total. The van der Waals surface area contributed by atoms with Crippen LogP contribution < -0.4 is 14.5 Å². The van der Waals surface area contributed by atoms with Gasteiger partial charge in [0, 0.05) is 66.8 Å². The molecule has 10 rings (SSSR count). The van der Waals surface area contributed by atoms with E-state index in [4.69, 9.17) is 9.72 Å². The van der Waals surface area contributed by atoms with E-state index in [2.05, 4.69) is 296 Å². The van der Waals surface area contributed by atoms with Crippen LogP contribution in [0.4, 0.5) is 22.7 Å². The van der Waals surface area contributed by atoms with Gasteiger partial charge >= 0.3 is 0 Å². The fraction of sp³-hybridized carbons (Fsp3) is 0.314. The molecule has 9 aromatic rings. The van der Waals surface area contributed by atoms with E-state index in [1.807, 2.05) is 6.20 Å². The molecular weight excluding hydrogens is 1110 g/mol. The fourth-order valence-corrected chi connectivity index (χ4v) is 10.5. The molecule has 0 bridgehead atoms. The molecule has 7 aromatic carbocycles. The Bertz CT molecular complexity index is 3560. The molecule has 0 fully saturated rings. The Hall–Kier alpha value is -6.42. The van der Waals surface area contributed by atoms with E-state index >= 15 is 0 Å². The third-order valence-corrected chi connectivity index (χ3v) is 15.8. The number of fused-ring (bicyclic) bond motifs is 4. The monoisotopic (exact) mass is 1180 g/mol. The summed E-state index contributed by atoms with van der Waals surface area (Å²) in [6, 6.07) is 63.1. The van der Waals surface area contributed by atoms with Crippen LogP contribution in [0.5, 0.6) is 11.5 Å². The van der Waals surface area contributed by atoms with Gasteiger partial charge < -0.3 is 19.1 Å². The molecule has 0 atom stereocenters. The number of hydrogen-bond donors (Lipinski definition) is 0. The van der Waals surface area contributed by atoms with Crippen molar-refractivity contribution in [2.75, 3.05) is 9.80 Å². The van der Waals surface area contributed by atoms with Crippen LogP contribution in [0.2, 0.25) is 0 Å². The predicted molar refractivity (Wildman–Crippen MR) is 316 cm³/mol. The van der Waals surface area contributed by atoms with Crippen LogP contribution in [-0.4, -0.2) is 9.55 Å². The minimum atomic E-state index is -0.390. The number of ether oxygens (including phenoxy) is 1. The van der Waals surface area contributed by atoms with Crippen LogP contribution in [0.15, 0.2) is 158 Å². The van der Waals surface area contributed by atoms with Gasteiger partial charge in [0.25, 0.3) is 0 Å². The van der Waals surface area contributed by atoms with Crippen molar-refractivity contribution in [3.8, 4) is 17.3 Å². The van der Waals surface area contributed by atoms with Gasteiger partial charge in [0.2, 0.25) is 0 Å². The SMILES string of the molecule is CC(C)(C)c1cc(N2[CH-]N(c3[c-]c(Oc4[c-]c5c(cc4)c4cc(C(C)(C)C)ccc4n5-c4cc(C(C)(C)c5ccccc5)ccn4)cc(C(C)(C)c4ccccc4)c3)c3ccc(C(C)(C)C)cc32)cc(C(C)(C)C)c1.[Pt]. The zero-order valence-electron chi connectivity index (χ0n) is 47.6. The van der Waals surface area contributed by atoms with E-state index in [0.717, 1.165) is 55.9 Å². The minimum absolute atomic E-state index is 0. The summed E-state index contributed by atoms with van der Waals surface area (Å²) in [7, 11) is 0. The number of nitrogens with zero attached hydrogens (tertiary/aromatic N) is 4. The first-order chi connectivity index (χ1) is 35.2. The Morgan fingerprint density at radius 2 is 0.987 bits per heavy atom. The molecule has 0 saturated heterocycles. The molecule has 0 unspecified atom stereocenters. The van der Waals surface area contributed by atoms with Gasteiger partial charge in [0.05, 0.1) is 0 Å². The largest absolute Gasteiger partial charge is 0.509 e. The molecule has 0 amide bonds. The van der Waals surface area contributed by atoms with Crippen molar-refractivity contribution >= 4 is 44.6 Å². The number of hydrogen-bond acceptors (Lipinski definition) is 4. The molecule has 1 aliphatic rings. The van der Waals surface area contributed by atoms with Crippen molar-refractivity contribution in [1.29, 1.82) is 0 Å². The van der Waals surface area contributed by atoms with Gasteiger partial charge in [0.1, 0.15) is 5.82 Å². The Balaban J connectivity index is 0.00000706. The first-order valence-corrected chi connectivity index (χ1v) is 26.8. The maximum absolute atomic E-state index is 7.13. The summed E-state index contributed by atoms with van der Waals surface area (Å²) in [4.78, 5) is 9.76. The van der Waals surface area contributed by atoms with Gasteiger partial charge in [-0.3, -0.25) is 0 Å². The number of benzene rings is 7. The van der Waals surface area contributed by atoms with Crippen molar-refractivity contribution in [3.63, 3.8) is 0 Å². The second-order valence-electron chi connectivity index (χ2n) is 26.1. The molecule has 76 heavy (non-hydrogen) atoms. The van der Waals surface area contributed by atoms with Crippen LogP contribution in [0.25, 0.3) is 27.6 Å². The predicted octanol–water partition coefficient (Wildman–Crippen LogP) is 18.8. The smallest absolute Gasteiger partial charge is 0.135 e. The average Bonchev–Trinajstić information content (AvgIpc) is 3.91. The van der Waals surface area contributed by atoms with Crippen LogP contribution in [-0.2, 0) is 53.6 Å². The summed E-state index contributed by atoms with van der Waals surface area (Å²) in [6.07, 6.45) is 1.94. The van der Waals surface area contributed by atoms with Gasteiger partial charge in [-0.1, -0.05) is 201 Å². The summed E-state index contributed by atoms with van der Waals surface area (Å²) in [6.45, 7) is 38.9. The Labute approximate surface area is 468 Å². The summed E-state index contributed by atoms with van der Waals surface area (Å²) in [5.41, 5.74) is 15.3. The van der Waals surface area contributed by atoms with E-state index in [0.29, 0.717) is 11.5 Å². The third kappa shape index (κ3) is 10.3. The van der Waals surface area contributed by atoms with Crippen LogP contribution in [0, 0.1) is 18.8 Å². The molecule has 0 spiro atoms. The molecule has 2 aromatic heterocycles. The van der Waals surface area contributed by atoms with Crippen LogP contribution >= 0.6 is 0 Å². The molecule has 0 aliphatic carbocycles. The summed E-state index contributed by atoms with van der Waals surface area (Å²) in [5, 5.41) is 2.24. The van der Waals surface area contributed by atoms with Crippen molar-refractivity contribution in [2.45, 2.75) is 143 Å². The van der Waals surface area contributed by atoms with E-state index in [1.54, 1.807) is 0 Å². The molecular formula is C70H75N4OPt-3. The van der Waals surface area contributed by atoms with Crippen molar-refractivity contribution < 1.29 is 25.8 Å². The molecule has 0 saturated carbocycles. The number of anilines is 4. The zero-order valence-corrected chi connectivity index (χ0v) is 49.9. The quantitative estimate of drug-likeness (QED) is 0.135. The Kier molecular flexibility index (Phi) is 14.0. The molecule has 5 nitrogen and oxygen atoms in total. The summed E-state index contributed by atoms with van der Waals surface area (Å²) in [5.74, 6) is 2.03. The number of rotatable bonds is 9. The normalized spacial score (nSPS) is 13.6. The Morgan fingerprint density at radius 3 is 1.58 bits per heavy atom. The van der Waals surface area contributed by atoms with Gasteiger partial charge in [0.15, 0.2) is 0 Å². The number of pyridine rings is 1. The molecule has 3 heterocycles. The van der Waals surface area contributed by atoms with E-state index in [9.17, 15) is 0 Å². The van der Waals surface area contributed by atoms with Gasteiger partial charge in [-0.15, -0.1) is 53.6 Å². The Morgan fingerprint density at radius 1 is 0.421 bits per heavy atom. The summed E-state index contributed by atoms with van der Waals surface area (Å²) >= 11 is 0. The van der Waals surface area contributed by atoms with Crippen LogP contribution in [0.1, 0.15) is 155 Å². The first-order valence-electron chi connectivity index (χ1n) is 26.8. The van der Waals surface area contributed by atoms with Crippen molar-refractivity contribution in [3.05, 3.63) is 221 Å². The van der Waals surface area contributed by atoms with Crippen molar-refractivity contribution in [1.82, 2.24) is 9.55 Å². The standard InChI is InChI=1S/C70H75N4O.Pt/c1-65(2,3)48-27-31-60-59(40-48)58-30-29-56(44-62(58)74(60)64-42-50(33-34-71-64)69(13,14)46-23-19-17-20-24-46)75-57-39-53(70(15,16)47-25-21-18-22-26-47)38-55(43-57)72-45-73(63-41-49(66(4,5)6)28-32-61(63)72)54-36-51(67(7,8)9)35-52(37-54)68(10,11)12;/h17-42,45H,1-16H3;/q-3;.